The van der Waals surface area contributed by atoms with Crippen LogP contribution in [0.3, 0.4) is 0 Å². The van der Waals surface area contributed by atoms with E-state index in [1.54, 1.807) is 0 Å². The third kappa shape index (κ3) is 6.89. The molecule has 0 amide bonds. The van der Waals surface area contributed by atoms with Gasteiger partial charge < -0.3 is 4.57 Å². The predicted molar refractivity (Wildman–Crippen MR) is 299 cm³/mol. The van der Waals surface area contributed by atoms with E-state index in [0.717, 1.165) is 0 Å². The van der Waals surface area contributed by atoms with Gasteiger partial charge in [0.1, 0.15) is 0 Å². The molecule has 0 saturated carbocycles. The lowest BCUT2D eigenvalue weighted by Gasteiger charge is -2.36. The van der Waals surface area contributed by atoms with Crippen molar-refractivity contribution in [2.24, 2.45) is 0 Å². The zero-order chi connectivity index (χ0) is 45.7. The molecule has 3 heteroatoms. The van der Waals surface area contributed by atoms with Crippen molar-refractivity contribution >= 4 is 82.1 Å². The molecule has 0 aliphatic heterocycles. The van der Waals surface area contributed by atoms with E-state index in [1.165, 1.54) is 113 Å². The number of para-hydroxylation sites is 1. The number of benzene rings is 11. The van der Waals surface area contributed by atoms with Crippen molar-refractivity contribution in [2.75, 3.05) is 0 Å². The molecule has 324 valence electrons. The van der Waals surface area contributed by atoms with Gasteiger partial charge in [0.25, 0.3) is 0 Å². The van der Waals surface area contributed by atoms with Gasteiger partial charge in [0.2, 0.25) is 0 Å². The lowest BCUT2D eigenvalue weighted by atomic mass is 9.95. The van der Waals surface area contributed by atoms with Gasteiger partial charge in [0, 0.05) is 42.1 Å². The van der Waals surface area contributed by atoms with Crippen LogP contribution >= 0.6 is 11.3 Å². The van der Waals surface area contributed by atoms with E-state index < -0.39 is 8.07 Å². The summed E-state index contributed by atoms with van der Waals surface area (Å²) in [6.07, 6.45) is 0. The van der Waals surface area contributed by atoms with Crippen LogP contribution in [0.4, 0.5) is 0 Å². The molecule has 11 aromatic carbocycles. The summed E-state index contributed by atoms with van der Waals surface area (Å²) >= 11 is 1.88. The van der Waals surface area contributed by atoms with Crippen LogP contribution in [-0.4, -0.2) is 12.6 Å². The molecule has 1 nitrogen and oxygen atoms in total. The molecule has 69 heavy (non-hydrogen) atoms. The topological polar surface area (TPSA) is 4.93 Å². The minimum Gasteiger partial charge on any atom is -0.308 e. The minimum absolute atomic E-state index is 1.17. The van der Waals surface area contributed by atoms with Gasteiger partial charge in [-0.3, -0.25) is 0 Å². The molecule has 13 rings (SSSR count). The van der Waals surface area contributed by atoms with E-state index in [1.807, 2.05) is 11.3 Å². The summed E-state index contributed by atoms with van der Waals surface area (Å²) in [5.74, 6) is 0. The van der Waals surface area contributed by atoms with Crippen LogP contribution in [-0.2, 0) is 0 Å². The number of hydrogen-bond acceptors (Lipinski definition) is 1. The molecule has 2 heterocycles. The van der Waals surface area contributed by atoms with Gasteiger partial charge in [-0.05, 0) is 84.5 Å². The Labute approximate surface area is 407 Å². The van der Waals surface area contributed by atoms with Crippen LogP contribution < -0.4 is 20.7 Å². The number of aromatic nitrogens is 1. The van der Waals surface area contributed by atoms with E-state index in [9.17, 15) is 0 Å². The Bertz CT molecular complexity index is 3820. The van der Waals surface area contributed by atoms with Crippen LogP contribution in [0, 0.1) is 0 Å². The second kappa shape index (κ2) is 17.1. The maximum atomic E-state index is 2.59. The molecule has 0 N–H and O–H groups in total. The summed E-state index contributed by atoms with van der Waals surface area (Å²) in [5, 5.41) is 10.4. The normalized spacial score (nSPS) is 11.8. The van der Waals surface area contributed by atoms with Crippen molar-refractivity contribution < 1.29 is 0 Å². The third-order valence-corrected chi connectivity index (χ3v) is 19.9. The zero-order valence-corrected chi connectivity index (χ0v) is 39.7. The molecule has 0 radical (unpaired) electrons. The molecule has 0 bridgehead atoms. The van der Waals surface area contributed by atoms with Crippen LogP contribution in [0.2, 0.25) is 0 Å². The molecule has 0 spiro atoms. The Morgan fingerprint density at radius 2 is 0.696 bits per heavy atom. The molecule has 13 aromatic rings. The fraction of sp³-hybridized carbons (Fsp3) is 0. The number of hydrogen-bond donors (Lipinski definition) is 0. The summed E-state index contributed by atoms with van der Waals surface area (Å²) in [7, 11) is -3.24. The minimum atomic E-state index is -3.24. The van der Waals surface area contributed by atoms with E-state index in [2.05, 4.69) is 278 Å². The molecule has 0 aliphatic rings. The number of fused-ring (bicyclic) bond motifs is 6. The Balaban J connectivity index is 1.22. The third-order valence-electron chi connectivity index (χ3n) is 14.1. The van der Waals surface area contributed by atoms with Gasteiger partial charge in [-0.25, -0.2) is 0 Å². The Hall–Kier alpha value is -8.34. The first-order valence-electron chi connectivity index (χ1n) is 23.7. The Kier molecular flexibility index (Phi) is 10.1. The summed E-state index contributed by atoms with van der Waals surface area (Å²) in [6.45, 7) is 0. The summed E-state index contributed by atoms with van der Waals surface area (Å²) in [6, 6.07) is 102. The average molecular weight is 912 g/mol. The smallest absolute Gasteiger partial charge is 0.179 e. The summed E-state index contributed by atoms with van der Waals surface area (Å²) < 4.78 is 5.20. The lowest BCUT2D eigenvalue weighted by Crippen LogP contribution is -2.74. The van der Waals surface area contributed by atoms with Crippen LogP contribution in [0.15, 0.2) is 273 Å². The fourth-order valence-corrected chi connectivity index (χ4v) is 17.0. The van der Waals surface area contributed by atoms with Crippen molar-refractivity contribution in [1.29, 1.82) is 0 Å². The number of thiophene rings is 1. The molecular weight excluding hydrogens is 867 g/mol. The molecule has 0 fully saturated rings. The predicted octanol–water partition coefficient (Wildman–Crippen LogP) is 15.2. The first kappa shape index (κ1) is 40.9. The van der Waals surface area contributed by atoms with Crippen molar-refractivity contribution in [1.82, 2.24) is 4.57 Å². The molecule has 0 atom stereocenters. The van der Waals surface area contributed by atoms with E-state index in [-0.39, 0.29) is 0 Å². The molecule has 0 unspecified atom stereocenters. The average Bonchev–Trinajstić information content (AvgIpc) is 3.96. The van der Waals surface area contributed by atoms with Crippen LogP contribution in [0.1, 0.15) is 0 Å². The van der Waals surface area contributed by atoms with Crippen molar-refractivity contribution in [2.45, 2.75) is 0 Å². The summed E-state index contributed by atoms with van der Waals surface area (Å²) in [4.78, 5) is 0. The number of nitrogens with zero attached hydrogens (tertiary/aromatic N) is 1. The fourth-order valence-electron chi connectivity index (χ4n) is 11.0. The molecule has 2 aromatic heterocycles. The highest BCUT2D eigenvalue weighted by molar-refractivity contribution is 7.26. The van der Waals surface area contributed by atoms with Gasteiger partial charge in [-0.1, -0.05) is 243 Å². The van der Waals surface area contributed by atoms with E-state index in [0.29, 0.717) is 0 Å². The SMILES string of the molecule is c1ccc(-c2cc(-c3ccccc3)cc([Si](c3ccccc3)(c3ccccc3)c3cc(-c4ccccc4)c(-n4c5ccccc5c5cc6sc7ccccc7c6cc54)c(-c4ccccc4)c3)c2)cc1. The standard InChI is InChI=1S/C66H45NSSi/c1-7-23-46(24-8-1)50-39-51(47-25-9-2-10-26-47)41-54(40-50)69(52-31-15-5-16-32-52,53-33-17-6-18-34-53)55-42-58(48-27-11-3-12-28-48)66(59(43-55)49-29-13-4-14-30-49)67-62-37-21-19-35-56(62)60-45-65-61(44-63(60)67)57-36-20-22-38-64(57)68-65/h1-45H. The highest BCUT2D eigenvalue weighted by atomic mass is 32.1. The van der Waals surface area contributed by atoms with Gasteiger partial charge in [-0.2, -0.15) is 0 Å². The quantitative estimate of drug-likeness (QED) is 0.100. The Morgan fingerprint density at radius 1 is 0.261 bits per heavy atom. The second-order valence-electron chi connectivity index (χ2n) is 18.0. The van der Waals surface area contributed by atoms with Gasteiger partial charge in [-0.15, -0.1) is 11.3 Å². The first-order chi connectivity index (χ1) is 34.2. The van der Waals surface area contributed by atoms with E-state index in [4.69, 9.17) is 0 Å². The van der Waals surface area contributed by atoms with Crippen LogP contribution in [0.5, 0.6) is 0 Å². The largest absolute Gasteiger partial charge is 0.308 e. The first-order valence-corrected chi connectivity index (χ1v) is 26.6. The van der Waals surface area contributed by atoms with Crippen molar-refractivity contribution in [3.05, 3.63) is 273 Å². The van der Waals surface area contributed by atoms with E-state index >= 15 is 0 Å². The van der Waals surface area contributed by atoms with Crippen molar-refractivity contribution in [3.63, 3.8) is 0 Å². The highest BCUT2D eigenvalue weighted by Crippen LogP contribution is 2.44. The summed E-state index contributed by atoms with van der Waals surface area (Å²) in [5.41, 5.74) is 13.1. The van der Waals surface area contributed by atoms with Gasteiger partial charge >= 0.3 is 0 Å². The van der Waals surface area contributed by atoms with Gasteiger partial charge in [0.05, 0.1) is 16.7 Å². The van der Waals surface area contributed by atoms with Crippen molar-refractivity contribution in [3.8, 4) is 50.2 Å². The second-order valence-corrected chi connectivity index (χ2v) is 22.9. The molecule has 0 saturated heterocycles. The highest BCUT2D eigenvalue weighted by Gasteiger charge is 2.43. The molecular formula is C66H45NSSi. The maximum Gasteiger partial charge on any atom is 0.179 e. The monoisotopic (exact) mass is 911 g/mol. The number of rotatable bonds is 9. The molecule has 0 aliphatic carbocycles. The Morgan fingerprint density at radius 3 is 1.23 bits per heavy atom. The maximum absolute atomic E-state index is 3.24. The van der Waals surface area contributed by atoms with Crippen LogP contribution in [0.25, 0.3) is 92.2 Å². The van der Waals surface area contributed by atoms with Gasteiger partial charge in [0.15, 0.2) is 8.07 Å². The zero-order valence-electron chi connectivity index (χ0n) is 37.8. The lowest BCUT2D eigenvalue weighted by molar-refractivity contribution is 1.19.